The maximum absolute atomic E-state index is 5.39. The Morgan fingerprint density at radius 1 is 1.17 bits per heavy atom. The van der Waals surface area contributed by atoms with Crippen LogP contribution in [0.4, 0.5) is 0 Å². The summed E-state index contributed by atoms with van der Waals surface area (Å²) in [6.07, 6.45) is 0. The molecule has 0 radical (unpaired) electrons. The number of nitrogens with one attached hydrogen (secondary N) is 1. The molecule has 0 aliphatic carbocycles. The summed E-state index contributed by atoms with van der Waals surface area (Å²) in [4.78, 5) is 7.87. The van der Waals surface area contributed by atoms with Gasteiger partial charge in [0.25, 0.3) is 0 Å². The molecule has 0 amide bonds. The molecule has 0 fully saturated rings. The molecular formula is C14H11BrN2O. The van der Waals surface area contributed by atoms with Gasteiger partial charge in [-0.15, -0.1) is 0 Å². The summed E-state index contributed by atoms with van der Waals surface area (Å²) in [5.41, 5.74) is 2.94. The summed E-state index contributed by atoms with van der Waals surface area (Å²) in [5.74, 6) is 1.61. The van der Waals surface area contributed by atoms with E-state index in [-0.39, 0.29) is 0 Å². The number of H-pyrrole nitrogens is 1. The van der Waals surface area contributed by atoms with Crippen molar-refractivity contribution in [3.63, 3.8) is 0 Å². The predicted octanol–water partition coefficient (Wildman–Crippen LogP) is 4.00. The molecule has 0 saturated carbocycles. The molecular weight excluding hydrogens is 292 g/mol. The summed E-state index contributed by atoms with van der Waals surface area (Å²) in [7, 11) is 1.66. The van der Waals surface area contributed by atoms with Gasteiger partial charge in [0.15, 0.2) is 0 Å². The summed E-state index contributed by atoms with van der Waals surface area (Å²) in [6, 6.07) is 13.9. The number of rotatable bonds is 2. The van der Waals surface area contributed by atoms with Gasteiger partial charge in [-0.1, -0.05) is 28.1 Å². The van der Waals surface area contributed by atoms with Crippen molar-refractivity contribution in [1.29, 1.82) is 0 Å². The maximum Gasteiger partial charge on any atom is 0.142 e. The third-order valence-electron chi connectivity index (χ3n) is 2.81. The molecule has 1 aromatic heterocycles. The van der Waals surface area contributed by atoms with Gasteiger partial charge in [-0.25, -0.2) is 4.98 Å². The molecule has 0 bridgehead atoms. The molecule has 0 unspecified atom stereocenters. The molecule has 0 atom stereocenters. The highest BCUT2D eigenvalue weighted by molar-refractivity contribution is 9.10. The van der Waals surface area contributed by atoms with Crippen LogP contribution < -0.4 is 4.74 Å². The van der Waals surface area contributed by atoms with Gasteiger partial charge in [0.2, 0.25) is 0 Å². The second kappa shape index (κ2) is 4.46. The first-order chi connectivity index (χ1) is 8.78. The van der Waals surface area contributed by atoms with Gasteiger partial charge in [0, 0.05) is 4.47 Å². The lowest BCUT2D eigenvalue weighted by Crippen LogP contribution is -1.89. The number of para-hydroxylation sites is 2. The van der Waals surface area contributed by atoms with Crippen molar-refractivity contribution in [2.75, 3.05) is 7.11 Å². The average molecular weight is 303 g/mol. The predicted molar refractivity (Wildman–Crippen MR) is 75.8 cm³/mol. The zero-order valence-electron chi connectivity index (χ0n) is 9.77. The van der Waals surface area contributed by atoms with E-state index < -0.39 is 0 Å². The first kappa shape index (κ1) is 11.3. The molecule has 0 saturated heterocycles. The minimum atomic E-state index is 0.795. The quantitative estimate of drug-likeness (QED) is 0.777. The number of fused-ring (bicyclic) bond motifs is 1. The van der Waals surface area contributed by atoms with Crippen molar-refractivity contribution < 1.29 is 4.74 Å². The molecule has 90 valence electrons. The van der Waals surface area contributed by atoms with E-state index in [0.29, 0.717) is 0 Å². The number of imidazole rings is 1. The van der Waals surface area contributed by atoms with Gasteiger partial charge in [0.05, 0.1) is 23.7 Å². The number of hydrogen-bond donors (Lipinski definition) is 1. The highest BCUT2D eigenvalue weighted by Crippen LogP contribution is 2.31. The average Bonchev–Trinajstić information content (AvgIpc) is 2.82. The van der Waals surface area contributed by atoms with E-state index in [1.165, 1.54) is 0 Å². The van der Waals surface area contributed by atoms with Gasteiger partial charge in [0.1, 0.15) is 11.6 Å². The fraction of sp³-hybridized carbons (Fsp3) is 0.0714. The lowest BCUT2D eigenvalue weighted by Gasteiger charge is -2.06. The number of aromatic nitrogens is 2. The number of ether oxygens (including phenoxy) is 1. The highest BCUT2D eigenvalue weighted by Gasteiger charge is 2.10. The number of hydrogen-bond acceptors (Lipinski definition) is 2. The van der Waals surface area contributed by atoms with E-state index >= 15 is 0 Å². The van der Waals surface area contributed by atoms with Crippen LogP contribution in [0.15, 0.2) is 46.9 Å². The fourth-order valence-corrected chi connectivity index (χ4v) is 2.28. The first-order valence-electron chi connectivity index (χ1n) is 5.56. The van der Waals surface area contributed by atoms with Gasteiger partial charge in [-0.05, 0) is 30.3 Å². The van der Waals surface area contributed by atoms with Crippen LogP contribution >= 0.6 is 15.9 Å². The Labute approximate surface area is 113 Å². The Bertz CT molecular complexity index is 673. The Morgan fingerprint density at radius 2 is 2.00 bits per heavy atom. The standard InChI is InChI=1S/C14H11BrN2O/c1-18-13-8-9(15)6-7-10(13)14-16-11-4-2-3-5-12(11)17-14/h2-8H,1H3,(H,16,17). The molecule has 0 aliphatic rings. The van der Waals surface area contributed by atoms with Crippen molar-refractivity contribution in [2.24, 2.45) is 0 Å². The molecule has 1 N–H and O–H groups in total. The summed E-state index contributed by atoms with van der Waals surface area (Å²) < 4.78 is 6.37. The smallest absolute Gasteiger partial charge is 0.142 e. The Hall–Kier alpha value is -1.81. The van der Waals surface area contributed by atoms with Crippen molar-refractivity contribution in [3.05, 3.63) is 46.9 Å². The Kier molecular flexibility index (Phi) is 2.80. The van der Waals surface area contributed by atoms with Gasteiger partial charge < -0.3 is 9.72 Å². The van der Waals surface area contributed by atoms with Gasteiger partial charge in [-0.2, -0.15) is 0 Å². The lowest BCUT2D eigenvalue weighted by atomic mass is 10.2. The van der Waals surface area contributed by atoms with Crippen LogP contribution in [0.3, 0.4) is 0 Å². The third kappa shape index (κ3) is 1.88. The Balaban J connectivity index is 2.19. The minimum absolute atomic E-state index is 0.795. The maximum atomic E-state index is 5.39. The van der Waals surface area contributed by atoms with Crippen molar-refractivity contribution in [3.8, 4) is 17.1 Å². The van der Waals surface area contributed by atoms with Crippen LogP contribution in [-0.2, 0) is 0 Å². The van der Waals surface area contributed by atoms with Gasteiger partial charge in [-0.3, -0.25) is 0 Å². The van der Waals surface area contributed by atoms with Crippen LogP contribution in [0.25, 0.3) is 22.4 Å². The van der Waals surface area contributed by atoms with Crippen molar-refractivity contribution >= 4 is 27.0 Å². The molecule has 0 aliphatic heterocycles. The van der Waals surface area contributed by atoms with E-state index in [1.807, 2.05) is 42.5 Å². The number of methoxy groups -OCH3 is 1. The molecule has 3 aromatic rings. The zero-order chi connectivity index (χ0) is 12.5. The summed E-state index contributed by atoms with van der Waals surface area (Å²) in [5, 5.41) is 0. The highest BCUT2D eigenvalue weighted by atomic mass is 79.9. The van der Waals surface area contributed by atoms with Crippen LogP contribution in [0.2, 0.25) is 0 Å². The van der Waals surface area contributed by atoms with E-state index in [2.05, 4.69) is 25.9 Å². The van der Waals surface area contributed by atoms with Crippen LogP contribution in [0.1, 0.15) is 0 Å². The van der Waals surface area contributed by atoms with Crippen LogP contribution in [0.5, 0.6) is 5.75 Å². The fourth-order valence-electron chi connectivity index (χ4n) is 1.94. The monoisotopic (exact) mass is 302 g/mol. The minimum Gasteiger partial charge on any atom is -0.496 e. The van der Waals surface area contributed by atoms with Crippen molar-refractivity contribution in [1.82, 2.24) is 9.97 Å². The van der Waals surface area contributed by atoms with E-state index in [9.17, 15) is 0 Å². The second-order valence-corrected chi connectivity index (χ2v) is 4.86. The topological polar surface area (TPSA) is 37.9 Å². The van der Waals surface area contributed by atoms with Gasteiger partial charge >= 0.3 is 0 Å². The zero-order valence-corrected chi connectivity index (χ0v) is 11.4. The van der Waals surface area contributed by atoms with E-state index in [1.54, 1.807) is 7.11 Å². The van der Waals surface area contributed by atoms with Crippen LogP contribution in [0, 0.1) is 0 Å². The van der Waals surface area contributed by atoms with Crippen LogP contribution in [-0.4, -0.2) is 17.1 Å². The van der Waals surface area contributed by atoms with Crippen molar-refractivity contribution in [2.45, 2.75) is 0 Å². The summed E-state index contributed by atoms with van der Waals surface area (Å²) in [6.45, 7) is 0. The molecule has 1 heterocycles. The molecule has 3 nitrogen and oxygen atoms in total. The van der Waals surface area contributed by atoms with E-state index in [0.717, 1.165) is 32.6 Å². The number of benzene rings is 2. The number of nitrogens with zero attached hydrogens (tertiary/aromatic N) is 1. The first-order valence-corrected chi connectivity index (χ1v) is 6.36. The second-order valence-electron chi connectivity index (χ2n) is 3.95. The Morgan fingerprint density at radius 3 is 2.78 bits per heavy atom. The third-order valence-corrected chi connectivity index (χ3v) is 3.30. The SMILES string of the molecule is COc1cc(Br)ccc1-c1nc2ccccc2[nH]1. The molecule has 4 heteroatoms. The largest absolute Gasteiger partial charge is 0.496 e. The van der Waals surface area contributed by atoms with E-state index in [4.69, 9.17) is 4.74 Å². The summed E-state index contributed by atoms with van der Waals surface area (Å²) >= 11 is 3.43. The lowest BCUT2D eigenvalue weighted by molar-refractivity contribution is 0.416. The molecule has 3 rings (SSSR count). The number of aromatic amines is 1. The molecule has 0 spiro atoms. The molecule has 2 aromatic carbocycles. The number of halogens is 1. The molecule has 18 heavy (non-hydrogen) atoms. The normalized spacial score (nSPS) is 10.8.